The quantitative estimate of drug-likeness (QED) is 0.700. The van der Waals surface area contributed by atoms with Gasteiger partial charge in [-0.1, -0.05) is 45.2 Å². The van der Waals surface area contributed by atoms with E-state index in [1.165, 1.54) is 6.07 Å². The highest BCUT2D eigenvalue weighted by Gasteiger charge is 2.11. The van der Waals surface area contributed by atoms with Crippen molar-refractivity contribution in [3.63, 3.8) is 0 Å². The molecule has 4 heteroatoms. The maximum Gasteiger partial charge on any atom is 0.136 e. The Balaban J connectivity index is 3.01. The van der Waals surface area contributed by atoms with Gasteiger partial charge in [0.2, 0.25) is 0 Å². The summed E-state index contributed by atoms with van der Waals surface area (Å²) in [4.78, 5) is 0. The van der Waals surface area contributed by atoms with E-state index in [0.29, 0.717) is 15.6 Å². The lowest BCUT2D eigenvalue weighted by atomic mass is 10.1. The van der Waals surface area contributed by atoms with Crippen molar-refractivity contribution in [1.29, 1.82) is 0 Å². The zero-order valence-corrected chi connectivity index (χ0v) is 9.13. The van der Waals surface area contributed by atoms with Crippen LogP contribution in [0, 0.1) is 0 Å². The van der Waals surface area contributed by atoms with E-state index < -0.39 is 6.17 Å². The molecule has 1 rings (SSSR count). The van der Waals surface area contributed by atoms with E-state index in [1.807, 2.05) is 0 Å². The van der Waals surface area contributed by atoms with Crippen molar-refractivity contribution in [2.75, 3.05) is 5.33 Å². The molecule has 1 aromatic carbocycles. The van der Waals surface area contributed by atoms with Crippen LogP contribution in [0.2, 0.25) is 10.0 Å². The molecule has 0 spiro atoms. The minimum atomic E-state index is -1.07. The molecule has 1 aromatic rings. The minimum absolute atomic E-state index is 0.244. The van der Waals surface area contributed by atoms with Crippen LogP contribution in [0.5, 0.6) is 0 Å². The Kier molecular flexibility index (Phi) is 3.81. The van der Waals surface area contributed by atoms with Gasteiger partial charge < -0.3 is 0 Å². The number of alkyl halides is 2. The van der Waals surface area contributed by atoms with Gasteiger partial charge in [0.1, 0.15) is 6.17 Å². The molecule has 0 aliphatic heterocycles. The first kappa shape index (κ1) is 10.3. The van der Waals surface area contributed by atoms with Gasteiger partial charge in [0, 0.05) is 20.9 Å². The van der Waals surface area contributed by atoms with Crippen LogP contribution in [-0.2, 0) is 0 Å². The second-order valence-corrected chi connectivity index (χ2v) is 3.78. The van der Waals surface area contributed by atoms with E-state index in [2.05, 4.69) is 15.9 Å². The van der Waals surface area contributed by atoms with Gasteiger partial charge in [0.05, 0.1) is 0 Å². The molecule has 66 valence electrons. The van der Waals surface area contributed by atoms with Crippen LogP contribution in [0.3, 0.4) is 0 Å². The van der Waals surface area contributed by atoms with Crippen molar-refractivity contribution >= 4 is 39.1 Å². The third-order valence-electron chi connectivity index (χ3n) is 1.44. The van der Waals surface area contributed by atoms with Crippen molar-refractivity contribution in [2.45, 2.75) is 6.17 Å². The molecule has 0 aromatic heterocycles. The normalized spacial score (nSPS) is 13.0. The maximum absolute atomic E-state index is 13.1. The summed E-state index contributed by atoms with van der Waals surface area (Å²) in [5.74, 6) is 0. The van der Waals surface area contributed by atoms with E-state index in [9.17, 15) is 4.39 Å². The first-order chi connectivity index (χ1) is 5.65. The number of hydrogen-bond donors (Lipinski definition) is 0. The van der Waals surface area contributed by atoms with Crippen LogP contribution < -0.4 is 0 Å². The molecule has 0 nitrogen and oxygen atoms in total. The Morgan fingerprint density at radius 1 is 1.42 bits per heavy atom. The molecule has 0 amide bonds. The SMILES string of the molecule is FC(CBr)c1ccc(Cl)cc1Cl. The summed E-state index contributed by atoms with van der Waals surface area (Å²) in [6, 6.07) is 4.75. The first-order valence-corrected chi connectivity index (χ1v) is 5.18. The summed E-state index contributed by atoms with van der Waals surface area (Å²) in [5, 5.41) is 1.13. The second kappa shape index (κ2) is 4.45. The predicted molar refractivity (Wildman–Crippen MR) is 54.1 cm³/mol. The highest BCUT2D eigenvalue weighted by molar-refractivity contribution is 9.09. The van der Waals surface area contributed by atoms with Crippen LogP contribution in [0.1, 0.15) is 11.7 Å². The Labute approximate surface area is 88.8 Å². The van der Waals surface area contributed by atoms with E-state index in [0.717, 1.165) is 0 Å². The van der Waals surface area contributed by atoms with Crippen molar-refractivity contribution < 1.29 is 4.39 Å². The molecule has 1 atom stereocenters. The van der Waals surface area contributed by atoms with Gasteiger partial charge in [-0.05, 0) is 12.1 Å². The van der Waals surface area contributed by atoms with E-state index in [-0.39, 0.29) is 5.33 Å². The molecular formula is C8H6BrCl2F. The third-order valence-corrected chi connectivity index (χ3v) is 2.57. The van der Waals surface area contributed by atoms with Crippen LogP contribution in [0.15, 0.2) is 18.2 Å². The number of hydrogen-bond acceptors (Lipinski definition) is 0. The Bertz CT molecular complexity index is 278. The summed E-state index contributed by atoms with van der Waals surface area (Å²) >= 11 is 14.4. The van der Waals surface area contributed by atoms with Crippen LogP contribution in [0.25, 0.3) is 0 Å². The number of benzene rings is 1. The van der Waals surface area contributed by atoms with Gasteiger partial charge in [0.15, 0.2) is 0 Å². The van der Waals surface area contributed by atoms with Crippen molar-refractivity contribution in [1.82, 2.24) is 0 Å². The molecule has 0 saturated carbocycles. The van der Waals surface area contributed by atoms with Gasteiger partial charge in [-0.2, -0.15) is 0 Å². The monoisotopic (exact) mass is 270 g/mol. The van der Waals surface area contributed by atoms with Gasteiger partial charge in [-0.15, -0.1) is 0 Å². The van der Waals surface area contributed by atoms with Gasteiger partial charge in [-0.25, -0.2) is 4.39 Å². The molecule has 1 unspecified atom stereocenters. The maximum atomic E-state index is 13.1. The average molecular weight is 272 g/mol. The summed E-state index contributed by atoms with van der Waals surface area (Å²) in [6.45, 7) is 0. The van der Waals surface area contributed by atoms with E-state index >= 15 is 0 Å². The summed E-state index contributed by atoms with van der Waals surface area (Å²) < 4.78 is 13.1. The largest absolute Gasteiger partial charge is 0.241 e. The molecule has 0 bridgehead atoms. The second-order valence-electron chi connectivity index (χ2n) is 2.29. The lowest BCUT2D eigenvalue weighted by molar-refractivity contribution is 0.383. The first-order valence-electron chi connectivity index (χ1n) is 3.30. The molecule has 0 radical (unpaired) electrons. The molecule has 0 aliphatic carbocycles. The van der Waals surface area contributed by atoms with Crippen LogP contribution in [0.4, 0.5) is 4.39 Å². The Morgan fingerprint density at radius 3 is 2.58 bits per heavy atom. The number of rotatable bonds is 2. The molecule has 0 N–H and O–H groups in total. The lowest BCUT2D eigenvalue weighted by Crippen LogP contribution is -1.93. The zero-order valence-electron chi connectivity index (χ0n) is 6.03. The topological polar surface area (TPSA) is 0 Å². The molecule has 12 heavy (non-hydrogen) atoms. The Hall–Kier alpha value is 0.210. The van der Waals surface area contributed by atoms with E-state index in [1.54, 1.807) is 12.1 Å². The highest BCUT2D eigenvalue weighted by Crippen LogP contribution is 2.29. The summed E-state index contributed by atoms with van der Waals surface area (Å²) in [5.41, 5.74) is 0.470. The summed E-state index contributed by atoms with van der Waals surface area (Å²) in [7, 11) is 0. The fourth-order valence-corrected chi connectivity index (χ4v) is 1.71. The third kappa shape index (κ3) is 2.35. The fraction of sp³-hybridized carbons (Fsp3) is 0.250. The smallest absolute Gasteiger partial charge is 0.136 e. The fourth-order valence-electron chi connectivity index (χ4n) is 0.839. The molecular weight excluding hydrogens is 266 g/mol. The number of halogens is 4. The standard InChI is InChI=1S/C8H6BrCl2F/c9-4-8(12)6-2-1-5(10)3-7(6)11/h1-3,8H,4H2. The molecule has 0 fully saturated rings. The Morgan fingerprint density at radius 2 is 2.08 bits per heavy atom. The van der Waals surface area contributed by atoms with Crippen molar-refractivity contribution in [3.8, 4) is 0 Å². The van der Waals surface area contributed by atoms with Crippen LogP contribution in [-0.4, -0.2) is 5.33 Å². The van der Waals surface area contributed by atoms with Gasteiger partial charge in [0.25, 0.3) is 0 Å². The zero-order chi connectivity index (χ0) is 9.14. The van der Waals surface area contributed by atoms with Gasteiger partial charge >= 0.3 is 0 Å². The molecule has 0 saturated heterocycles. The predicted octanol–water partition coefficient (Wildman–Crippen LogP) is 4.40. The summed E-state index contributed by atoms with van der Waals surface area (Å²) in [6.07, 6.45) is -1.07. The van der Waals surface area contributed by atoms with Crippen molar-refractivity contribution in [2.24, 2.45) is 0 Å². The highest BCUT2D eigenvalue weighted by atomic mass is 79.9. The molecule has 0 aliphatic rings. The van der Waals surface area contributed by atoms with Gasteiger partial charge in [-0.3, -0.25) is 0 Å². The average Bonchev–Trinajstić information content (AvgIpc) is 2.03. The van der Waals surface area contributed by atoms with E-state index in [4.69, 9.17) is 23.2 Å². The minimum Gasteiger partial charge on any atom is -0.241 e. The van der Waals surface area contributed by atoms with Crippen molar-refractivity contribution in [3.05, 3.63) is 33.8 Å². The molecule has 0 heterocycles. The lowest BCUT2D eigenvalue weighted by Gasteiger charge is -2.06. The van der Waals surface area contributed by atoms with Crippen LogP contribution >= 0.6 is 39.1 Å².